The van der Waals surface area contributed by atoms with Gasteiger partial charge in [0.2, 0.25) is 0 Å². The molecule has 0 bridgehead atoms. The van der Waals surface area contributed by atoms with Gasteiger partial charge in [-0.15, -0.1) is 0 Å². The molecule has 30 heavy (non-hydrogen) atoms. The number of halogens is 1. The van der Waals surface area contributed by atoms with Crippen LogP contribution in [0.2, 0.25) is 0 Å². The average Bonchev–Trinajstić information content (AvgIpc) is 2.77. The van der Waals surface area contributed by atoms with Crippen molar-refractivity contribution in [1.82, 2.24) is 4.98 Å². The minimum atomic E-state index is 1.06. The van der Waals surface area contributed by atoms with Gasteiger partial charge in [-0.3, -0.25) is 0 Å². The molecule has 0 radical (unpaired) electrons. The standard InChI is InChI=1S/C28H18BrN/c1-17-9-10-19-12-14-24-26(20-6-4-7-21(29)16-20)23-13-11-18-5-2-3-8-22(18)27(23)30-28(24)25(19)15-17/h2-16H,1H3. The highest BCUT2D eigenvalue weighted by molar-refractivity contribution is 9.10. The zero-order valence-corrected chi connectivity index (χ0v) is 18.1. The Morgan fingerprint density at radius 2 is 1.30 bits per heavy atom. The summed E-state index contributed by atoms with van der Waals surface area (Å²) in [6, 6.07) is 32.6. The molecule has 0 fully saturated rings. The van der Waals surface area contributed by atoms with E-state index in [-0.39, 0.29) is 0 Å². The second kappa shape index (κ2) is 6.65. The van der Waals surface area contributed by atoms with Crippen LogP contribution in [-0.2, 0) is 0 Å². The predicted molar refractivity (Wildman–Crippen MR) is 132 cm³/mol. The van der Waals surface area contributed by atoms with Gasteiger partial charge < -0.3 is 0 Å². The summed E-state index contributed by atoms with van der Waals surface area (Å²) in [6.07, 6.45) is 0. The maximum Gasteiger partial charge on any atom is 0.0794 e. The van der Waals surface area contributed by atoms with Crippen molar-refractivity contribution < 1.29 is 0 Å². The molecule has 0 N–H and O–H groups in total. The van der Waals surface area contributed by atoms with E-state index in [0.717, 1.165) is 15.5 Å². The van der Waals surface area contributed by atoms with E-state index in [2.05, 4.69) is 114 Å². The molecule has 0 atom stereocenters. The zero-order valence-electron chi connectivity index (χ0n) is 16.5. The van der Waals surface area contributed by atoms with Crippen LogP contribution in [-0.4, -0.2) is 4.98 Å². The largest absolute Gasteiger partial charge is 0.246 e. The molecule has 0 spiro atoms. The topological polar surface area (TPSA) is 12.9 Å². The van der Waals surface area contributed by atoms with Crippen LogP contribution in [0.1, 0.15) is 5.56 Å². The lowest BCUT2D eigenvalue weighted by Gasteiger charge is -2.15. The number of aromatic nitrogens is 1. The summed E-state index contributed by atoms with van der Waals surface area (Å²) in [5.41, 5.74) is 5.81. The third kappa shape index (κ3) is 2.64. The second-order valence-corrected chi connectivity index (χ2v) is 8.78. The van der Waals surface area contributed by atoms with Gasteiger partial charge in [-0.2, -0.15) is 0 Å². The van der Waals surface area contributed by atoms with Crippen molar-refractivity contribution >= 4 is 59.3 Å². The monoisotopic (exact) mass is 447 g/mol. The average molecular weight is 448 g/mol. The number of benzene rings is 5. The number of fused-ring (bicyclic) bond motifs is 6. The third-order valence-electron chi connectivity index (χ3n) is 5.92. The molecule has 1 heterocycles. The van der Waals surface area contributed by atoms with Gasteiger partial charge in [-0.05, 0) is 41.5 Å². The van der Waals surface area contributed by atoms with E-state index in [1.54, 1.807) is 0 Å². The smallest absolute Gasteiger partial charge is 0.0794 e. The molecule has 0 saturated heterocycles. The fraction of sp³-hybridized carbons (Fsp3) is 0.0357. The molecule has 142 valence electrons. The molecular weight excluding hydrogens is 430 g/mol. The normalized spacial score (nSPS) is 11.7. The first-order valence-corrected chi connectivity index (χ1v) is 10.9. The minimum Gasteiger partial charge on any atom is -0.246 e. The van der Waals surface area contributed by atoms with Crippen LogP contribution < -0.4 is 0 Å². The van der Waals surface area contributed by atoms with Crippen molar-refractivity contribution in [2.75, 3.05) is 0 Å². The lowest BCUT2D eigenvalue weighted by atomic mass is 9.92. The Morgan fingerprint density at radius 3 is 2.10 bits per heavy atom. The Bertz CT molecular complexity index is 1610. The van der Waals surface area contributed by atoms with Crippen molar-refractivity contribution in [3.63, 3.8) is 0 Å². The molecule has 5 aromatic carbocycles. The van der Waals surface area contributed by atoms with Crippen molar-refractivity contribution in [3.05, 3.63) is 101 Å². The fourth-order valence-electron chi connectivity index (χ4n) is 4.53. The highest BCUT2D eigenvalue weighted by atomic mass is 79.9. The van der Waals surface area contributed by atoms with Crippen LogP contribution in [0.3, 0.4) is 0 Å². The number of aryl methyl sites for hydroxylation is 1. The van der Waals surface area contributed by atoms with Crippen molar-refractivity contribution in [3.8, 4) is 11.1 Å². The maximum absolute atomic E-state index is 5.27. The molecule has 6 aromatic rings. The lowest BCUT2D eigenvalue weighted by Crippen LogP contribution is -1.92. The summed E-state index contributed by atoms with van der Waals surface area (Å²) in [5.74, 6) is 0. The van der Waals surface area contributed by atoms with Gasteiger partial charge in [-0.1, -0.05) is 94.3 Å². The SMILES string of the molecule is Cc1ccc2ccc3c(-c4cccc(Br)c4)c4ccc5ccccc5c4nc3c2c1. The first-order chi connectivity index (χ1) is 14.7. The van der Waals surface area contributed by atoms with E-state index >= 15 is 0 Å². The summed E-state index contributed by atoms with van der Waals surface area (Å²) >= 11 is 3.66. The Labute approximate surface area is 183 Å². The van der Waals surface area contributed by atoms with Gasteiger partial charge in [-0.25, -0.2) is 4.98 Å². The van der Waals surface area contributed by atoms with Crippen LogP contribution in [0.15, 0.2) is 95.5 Å². The first kappa shape index (κ1) is 17.6. The van der Waals surface area contributed by atoms with Crippen LogP contribution in [0, 0.1) is 6.92 Å². The summed E-state index contributed by atoms with van der Waals surface area (Å²) in [6.45, 7) is 2.14. The number of hydrogen-bond acceptors (Lipinski definition) is 1. The van der Waals surface area contributed by atoms with Gasteiger partial charge in [0, 0.05) is 31.6 Å². The van der Waals surface area contributed by atoms with E-state index in [1.807, 2.05) is 0 Å². The molecule has 0 aliphatic heterocycles. The molecule has 0 saturated carbocycles. The summed E-state index contributed by atoms with van der Waals surface area (Å²) in [4.78, 5) is 5.27. The van der Waals surface area contributed by atoms with Crippen LogP contribution in [0.25, 0.3) is 54.5 Å². The Balaban J connectivity index is 1.91. The summed E-state index contributed by atoms with van der Waals surface area (Å²) in [5, 5.41) is 7.21. The molecule has 1 aromatic heterocycles. The first-order valence-electron chi connectivity index (χ1n) is 10.1. The molecule has 0 aliphatic carbocycles. The molecule has 1 nitrogen and oxygen atoms in total. The molecule has 0 aliphatic rings. The number of rotatable bonds is 1. The molecule has 0 unspecified atom stereocenters. The van der Waals surface area contributed by atoms with Crippen molar-refractivity contribution in [2.45, 2.75) is 6.92 Å². The molecule has 2 heteroatoms. The molecule has 6 rings (SSSR count). The van der Waals surface area contributed by atoms with Crippen LogP contribution in [0.5, 0.6) is 0 Å². The van der Waals surface area contributed by atoms with E-state index < -0.39 is 0 Å². The summed E-state index contributed by atoms with van der Waals surface area (Å²) < 4.78 is 1.08. The van der Waals surface area contributed by atoms with Crippen molar-refractivity contribution in [2.24, 2.45) is 0 Å². The fourth-order valence-corrected chi connectivity index (χ4v) is 4.93. The number of nitrogens with zero attached hydrogens (tertiary/aromatic N) is 1. The highest BCUT2D eigenvalue weighted by Crippen LogP contribution is 2.40. The van der Waals surface area contributed by atoms with E-state index in [1.165, 1.54) is 49.0 Å². The quantitative estimate of drug-likeness (QED) is 0.182. The van der Waals surface area contributed by atoms with Gasteiger partial charge >= 0.3 is 0 Å². The third-order valence-corrected chi connectivity index (χ3v) is 6.42. The molecular formula is C28H18BrN. The lowest BCUT2D eigenvalue weighted by molar-refractivity contribution is 1.49. The van der Waals surface area contributed by atoms with E-state index in [9.17, 15) is 0 Å². The highest BCUT2D eigenvalue weighted by Gasteiger charge is 2.15. The Hall–Kier alpha value is -3.23. The second-order valence-electron chi connectivity index (χ2n) is 7.87. The van der Waals surface area contributed by atoms with Crippen LogP contribution >= 0.6 is 15.9 Å². The van der Waals surface area contributed by atoms with Gasteiger partial charge in [0.1, 0.15) is 0 Å². The van der Waals surface area contributed by atoms with Gasteiger partial charge in [0.25, 0.3) is 0 Å². The number of hydrogen-bond donors (Lipinski definition) is 0. The van der Waals surface area contributed by atoms with E-state index in [0.29, 0.717) is 0 Å². The van der Waals surface area contributed by atoms with Gasteiger partial charge in [0.05, 0.1) is 11.0 Å². The number of pyridine rings is 1. The van der Waals surface area contributed by atoms with Gasteiger partial charge in [0.15, 0.2) is 0 Å². The maximum atomic E-state index is 5.27. The van der Waals surface area contributed by atoms with Crippen LogP contribution in [0.4, 0.5) is 0 Å². The molecule has 0 amide bonds. The minimum absolute atomic E-state index is 1.06. The Kier molecular flexibility index (Phi) is 3.90. The Morgan fingerprint density at radius 1 is 0.600 bits per heavy atom. The zero-order chi connectivity index (χ0) is 20.2. The predicted octanol–water partition coefficient (Wildman–Crippen LogP) is 8.43. The van der Waals surface area contributed by atoms with Crippen molar-refractivity contribution in [1.29, 1.82) is 0 Å². The summed E-state index contributed by atoms with van der Waals surface area (Å²) in [7, 11) is 0. The van der Waals surface area contributed by atoms with E-state index in [4.69, 9.17) is 4.98 Å².